The van der Waals surface area contributed by atoms with Gasteiger partial charge >= 0.3 is 0 Å². The van der Waals surface area contributed by atoms with E-state index in [1.54, 1.807) is 0 Å². The van der Waals surface area contributed by atoms with Crippen molar-refractivity contribution in [3.8, 4) is 66.8 Å². The summed E-state index contributed by atoms with van der Waals surface area (Å²) >= 11 is 0. The molecule has 80 heavy (non-hydrogen) atoms. The van der Waals surface area contributed by atoms with Crippen LogP contribution in [0.4, 0.5) is 0 Å². The second-order valence-electron chi connectivity index (χ2n) is 21.3. The largest absolute Gasteiger partial charge is 0.456 e. The molecule has 0 amide bonds. The Bertz CT molecular complexity index is 5310. The summed E-state index contributed by atoms with van der Waals surface area (Å²) in [6.07, 6.45) is 0. The molecule has 0 unspecified atom stereocenters. The molecule has 0 N–H and O–H groups in total. The molecule has 15 aromatic carbocycles. The average Bonchev–Trinajstić information content (AvgIpc) is 4.11. The average molecular weight is 1020 g/mol. The highest BCUT2D eigenvalue weighted by Crippen LogP contribution is 2.50. The maximum atomic E-state index is 6.43. The van der Waals surface area contributed by atoms with E-state index in [2.05, 4.69) is 261 Å². The van der Waals surface area contributed by atoms with Crippen LogP contribution in [0.15, 0.2) is 288 Å². The number of hydrogen-bond donors (Lipinski definition) is 0. The van der Waals surface area contributed by atoms with E-state index in [1.807, 2.05) is 18.2 Å². The van der Waals surface area contributed by atoms with Crippen LogP contribution in [0.3, 0.4) is 0 Å². The zero-order valence-corrected chi connectivity index (χ0v) is 43.4. The SMILES string of the molecule is c1cc(-c2c3ccccc3c(-c3ccc(-c4ccc5oc6ccccc6c5c4)cc3)c3ccccc23)c2ccc(-c3ccc4c(-c5c6ccccc6c(-c6cccc7oc8ccccc8c67)c6ccccc56)cccc4c3)cc2c1. The lowest BCUT2D eigenvalue weighted by Crippen LogP contribution is -1.92. The molecule has 0 aliphatic carbocycles. The molecule has 2 heterocycles. The molecule has 0 radical (unpaired) electrons. The summed E-state index contributed by atoms with van der Waals surface area (Å²) in [5.41, 5.74) is 18.2. The molecule has 0 fully saturated rings. The maximum absolute atomic E-state index is 6.43. The molecule has 0 aliphatic rings. The smallest absolute Gasteiger partial charge is 0.136 e. The van der Waals surface area contributed by atoms with Gasteiger partial charge in [-0.1, -0.05) is 237 Å². The minimum atomic E-state index is 0.902. The first-order chi connectivity index (χ1) is 39.7. The highest BCUT2D eigenvalue weighted by Gasteiger charge is 2.23. The van der Waals surface area contributed by atoms with Gasteiger partial charge in [0.2, 0.25) is 0 Å². The van der Waals surface area contributed by atoms with Gasteiger partial charge < -0.3 is 8.83 Å². The minimum Gasteiger partial charge on any atom is -0.456 e. The standard InChI is InChI=1S/C78H46O2/c1-3-21-61-59(19-1)74(48-36-34-47(35-37-48)51-40-43-72-69(46-51)56-18-9-11-31-70(56)79-72)60-20-2-4-22-62(60)75(61)57-28-13-16-52-44-49(38-41-54(52)57)50-39-42-55-53(45-50)17-14-29-58(55)76-63-23-5-7-25-65(63)77(66-26-8-6-24-64(66)76)68-30-15-33-73-78(68)67-27-10-12-32-71(67)80-73/h1-46H. The molecule has 0 atom stereocenters. The van der Waals surface area contributed by atoms with Crippen LogP contribution in [0.1, 0.15) is 0 Å². The van der Waals surface area contributed by atoms with Crippen molar-refractivity contribution >= 4 is 109 Å². The monoisotopic (exact) mass is 1010 g/mol. The van der Waals surface area contributed by atoms with E-state index < -0.39 is 0 Å². The first-order valence-corrected chi connectivity index (χ1v) is 27.5. The van der Waals surface area contributed by atoms with Gasteiger partial charge in [-0.05, 0) is 174 Å². The third-order valence-corrected chi connectivity index (χ3v) is 17.1. The van der Waals surface area contributed by atoms with E-state index in [0.29, 0.717) is 0 Å². The van der Waals surface area contributed by atoms with Crippen LogP contribution < -0.4 is 0 Å². The normalized spacial score (nSPS) is 12.0. The quantitative estimate of drug-likeness (QED) is 0.155. The van der Waals surface area contributed by atoms with Crippen molar-refractivity contribution in [2.75, 3.05) is 0 Å². The Morgan fingerprint density at radius 2 is 0.525 bits per heavy atom. The fourth-order valence-corrected chi connectivity index (χ4v) is 13.5. The molecule has 17 rings (SSSR count). The van der Waals surface area contributed by atoms with Crippen LogP contribution in [0.25, 0.3) is 175 Å². The number of fused-ring (bicyclic) bond motifs is 12. The Morgan fingerprint density at radius 1 is 0.175 bits per heavy atom. The van der Waals surface area contributed by atoms with E-state index in [1.165, 1.54) is 131 Å². The lowest BCUT2D eigenvalue weighted by Gasteiger charge is -2.19. The maximum Gasteiger partial charge on any atom is 0.136 e. The van der Waals surface area contributed by atoms with E-state index >= 15 is 0 Å². The molecular formula is C78H46O2. The van der Waals surface area contributed by atoms with E-state index in [9.17, 15) is 0 Å². The van der Waals surface area contributed by atoms with Gasteiger partial charge in [0, 0.05) is 21.5 Å². The van der Waals surface area contributed by atoms with Crippen LogP contribution in [-0.4, -0.2) is 0 Å². The summed E-state index contributed by atoms with van der Waals surface area (Å²) in [4.78, 5) is 0. The number of rotatable bonds is 6. The Balaban J connectivity index is 0.762. The highest BCUT2D eigenvalue weighted by molar-refractivity contribution is 6.28. The van der Waals surface area contributed by atoms with Crippen LogP contribution in [0.2, 0.25) is 0 Å². The summed E-state index contributed by atoms with van der Waals surface area (Å²) in [5.74, 6) is 0. The van der Waals surface area contributed by atoms with Gasteiger partial charge in [-0.3, -0.25) is 0 Å². The molecule has 0 saturated heterocycles. The van der Waals surface area contributed by atoms with Crippen molar-refractivity contribution in [1.29, 1.82) is 0 Å². The van der Waals surface area contributed by atoms with Gasteiger partial charge in [0.25, 0.3) is 0 Å². The Labute approximate surface area is 460 Å². The summed E-state index contributed by atoms with van der Waals surface area (Å²) in [6, 6.07) is 102. The van der Waals surface area contributed by atoms with Crippen molar-refractivity contribution in [1.82, 2.24) is 0 Å². The summed E-state index contributed by atoms with van der Waals surface area (Å²) in [6.45, 7) is 0. The molecule has 2 aromatic heterocycles. The molecule has 2 nitrogen and oxygen atoms in total. The Hall–Kier alpha value is -10.5. The van der Waals surface area contributed by atoms with E-state index in [4.69, 9.17) is 8.83 Å². The molecule has 17 aromatic rings. The molecular weight excluding hydrogens is 969 g/mol. The van der Waals surface area contributed by atoms with Crippen LogP contribution in [-0.2, 0) is 0 Å². The number of para-hydroxylation sites is 2. The lowest BCUT2D eigenvalue weighted by atomic mass is 9.83. The van der Waals surface area contributed by atoms with Gasteiger partial charge in [0.1, 0.15) is 22.3 Å². The number of benzene rings is 15. The molecule has 370 valence electrons. The van der Waals surface area contributed by atoms with Crippen molar-refractivity contribution in [2.45, 2.75) is 0 Å². The van der Waals surface area contributed by atoms with Crippen LogP contribution >= 0.6 is 0 Å². The zero-order chi connectivity index (χ0) is 52.4. The van der Waals surface area contributed by atoms with Gasteiger partial charge in [-0.2, -0.15) is 0 Å². The van der Waals surface area contributed by atoms with Crippen molar-refractivity contribution < 1.29 is 8.83 Å². The topological polar surface area (TPSA) is 26.3 Å². The van der Waals surface area contributed by atoms with Crippen molar-refractivity contribution in [2.24, 2.45) is 0 Å². The highest BCUT2D eigenvalue weighted by atomic mass is 16.3. The third-order valence-electron chi connectivity index (χ3n) is 17.1. The van der Waals surface area contributed by atoms with Crippen LogP contribution in [0.5, 0.6) is 0 Å². The Kier molecular flexibility index (Phi) is 9.75. The van der Waals surface area contributed by atoms with Crippen LogP contribution in [0, 0.1) is 0 Å². The first-order valence-electron chi connectivity index (χ1n) is 27.5. The second-order valence-corrected chi connectivity index (χ2v) is 21.3. The lowest BCUT2D eigenvalue weighted by molar-refractivity contribution is 0.668. The zero-order valence-electron chi connectivity index (χ0n) is 43.4. The predicted octanol–water partition coefficient (Wildman–Crippen LogP) is 22.4. The number of hydrogen-bond acceptors (Lipinski definition) is 2. The van der Waals surface area contributed by atoms with E-state index in [0.717, 1.165) is 43.9 Å². The summed E-state index contributed by atoms with van der Waals surface area (Å²) in [7, 11) is 0. The fraction of sp³-hybridized carbons (Fsp3) is 0. The molecule has 2 heteroatoms. The van der Waals surface area contributed by atoms with Crippen molar-refractivity contribution in [3.63, 3.8) is 0 Å². The van der Waals surface area contributed by atoms with Gasteiger partial charge in [-0.25, -0.2) is 0 Å². The first kappa shape index (κ1) is 44.6. The minimum absolute atomic E-state index is 0.902. The van der Waals surface area contributed by atoms with Gasteiger partial charge in [0.15, 0.2) is 0 Å². The molecule has 0 spiro atoms. The van der Waals surface area contributed by atoms with Gasteiger partial charge in [-0.15, -0.1) is 0 Å². The molecule has 0 saturated carbocycles. The third kappa shape index (κ3) is 6.73. The summed E-state index contributed by atoms with van der Waals surface area (Å²) in [5, 5.41) is 19.3. The Morgan fingerprint density at radius 3 is 1.06 bits per heavy atom. The summed E-state index contributed by atoms with van der Waals surface area (Å²) < 4.78 is 12.6. The fourth-order valence-electron chi connectivity index (χ4n) is 13.5. The predicted molar refractivity (Wildman–Crippen MR) is 339 cm³/mol. The van der Waals surface area contributed by atoms with Gasteiger partial charge in [0.05, 0.1) is 0 Å². The molecule has 0 aliphatic heterocycles. The van der Waals surface area contributed by atoms with E-state index in [-0.39, 0.29) is 0 Å². The molecule has 0 bridgehead atoms. The van der Waals surface area contributed by atoms with Crippen molar-refractivity contribution in [3.05, 3.63) is 279 Å². The number of furan rings is 2. The second kappa shape index (κ2) is 17.5.